The zero-order chi connectivity index (χ0) is 18.6. The van der Waals surface area contributed by atoms with Crippen LogP contribution in [0.15, 0.2) is 66.7 Å². The van der Waals surface area contributed by atoms with Crippen LogP contribution in [0.3, 0.4) is 0 Å². The van der Waals surface area contributed by atoms with Crippen molar-refractivity contribution in [1.29, 1.82) is 0 Å². The Morgan fingerprint density at radius 2 is 1.42 bits per heavy atom. The highest BCUT2D eigenvalue weighted by molar-refractivity contribution is 5.72. The van der Waals surface area contributed by atoms with Crippen LogP contribution >= 0.6 is 0 Å². The normalized spacial score (nSPS) is 11.2. The average Bonchev–Trinajstić information content (AvgIpc) is 2.63. The zero-order valence-corrected chi connectivity index (χ0v) is 13.9. The van der Waals surface area contributed by atoms with E-state index in [0.717, 1.165) is 6.07 Å². The minimum atomic E-state index is -4.61. The van der Waals surface area contributed by atoms with Gasteiger partial charge in [-0.1, -0.05) is 36.4 Å². The number of hydrogen-bond donors (Lipinski definition) is 0. The third-order valence-electron chi connectivity index (χ3n) is 3.50. The summed E-state index contributed by atoms with van der Waals surface area (Å²) in [5, 5.41) is 0. The van der Waals surface area contributed by atoms with Crippen molar-refractivity contribution in [1.82, 2.24) is 9.97 Å². The lowest BCUT2D eigenvalue weighted by Gasteiger charge is -2.24. The van der Waals surface area contributed by atoms with E-state index in [0.29, 0.717) is 11.4 Å². The van der Waals surface area contributed by atoms with E-state index in [1.165, 1.54) is 0 Å². The Labute approximate surface area is 148 Å². The summed E-state index contributed by atoms with van der Waals surface area (Å²) in [4.78, 5) is 9.49. The van der Waals surface area contributed by atoms with E-state index in [2.05, 4.69) is 9.97 Å². The van der Waals surface area contributed by atoms with E-state index in [1.54, 1.807) is 60.4 Å². The number of ether oxygens (including phenoxy) is 1. The molecule has 0 amide bonds. The predicted molar refractivity (Wildman–Crippen MR) is 92.9 cm³/mol. The highest BCUT2D eigenvalue weighted by Crippen LogP contribution is 2.36. The Balaban J connectivity index is 2.19. The highest BCUT2D eigenvalue weighted by Gasteiger charge is 2.35. The van der Waals surface area contributed by atoms with Gasteiger partial charge in [0.2, 0.25) is 11.8 Å². The maximum atomic E-state index is 13.3. The quantitative estimate of drug-likeness (QED) is 0.614. The molecular formula is C19H16F3N3O. The summed E-state index contributed by atoms with van der Waals surface area (Å²) >= 11 is 0. The molecule has 1 aromatic heterocycles. The maximum absolute atomic E-state index is 13.3. The first-order valence-corrected chi connectivity index (χ1v) is 7.98. The van der Waals surface area contributed by atoms with Crippen LogP contribution in [0.4, 0.5) is 30.5 Å². The molecule has 0 atom stereocenters. The van der Waals surface area contributed by atoms with Crippen LogP contribution in [0.5, 0.6) is 5.88 Å². The van der Waals surface area contributed by atoms with Crippen LogP contribution in [0.2, 0.25) is 0 Å². The Hall–Kier alpha value is -3.09. The summed E-state index contributed by atoms with van der Waals surface area (Å²) in [7, 11) is 0. The van der Waals surface area contributed by atoms with Gasteiger partial charge in [0.1, 0.15) is 0 Å². The number of anilines is 3. The number of nitrogens with zero attached hydrogens (tertiary/aromatic N) is 3. The molecule has 3 aromatic rings. The largest absolute Gasteiger partial charge is 0.478 e. The molecule has 26 heavy (non-hydrogen) atoms. The number of aromatic nitrogens is 2. The monoisotopic (exact) mass is 359 g/mol. The molecule has 0 aliphatic rings. The fourth-order valence-electron chi connectivity index (χ4n) is 2.41. The summed E-state index contributed by atoms with van der Waals surface area (Å²) in [5.74, 6) is -0.234. The fraction of sp³-hybridized carbons (Fsp3) is 0.158. The van der Waals surface area contributed by atoms with Crippen molar-refractivity contribution in [2.75, 3.05) is 11.5 Å². The molecule has 0 saturated heterocycles. The maximum Gasteiger partial charge on any atom is 0.433 e. The summed E-state index contributed by atoms with van der Waals surface area (Å²) in [6.07, 6.45) is -4.61. The minimum Gasteiger partial charge on any atom is -0.478 e. The van der Waals surface area contributed by atoms with E-state index < -0.39 is 11.9 Å². The van der Waals surface area contributed by atoms with Crippen molar-refractivity contribution in [2.24, 2.45) is 0 Å². The van der Waals surface area contributed by atoms with Gasteiger partial charge >= 0.3 is 6.18 Å². The molecular weight excluding hydrogens is 343 g/mol. The van der Waals surface area contributed by atoms with Gasteiger partial charge in [0.05, 0.1) is 6.61 Å². The van der Waals surface area contributed by atoms with E-state index in [9.17, 15) is 13.2 Å². The van der Waals surface area contributed by atoms with Crippen LogP contribution in [-0.2, 0) is 6.18 Å². The van der Waals surface area contributed by atoms with Gasteiger partial charge in [-0.05, 0) is 31.2 Å². The third kappa shape index (κ3) is 3.93. The first kappa shape index (κ1) is 17.7. The summed E-state index contributed by atoms with van der Waals surface area (Å²) in [5.41, 5.74) is 0.226. The molecule has 7 heteroatoms. The van der Waals surface area contributed by atoms with Gasteiger partial charge in [-0.25, -0.2) is 4.98 Å². The van der Waals surface area contributed by atoms with Crippen molar-refractivity contribution < 1.29 is 17.9 Å². The van der Waals surface area contributed by atoms with Crippen LogP contribution in [0, 0.1) is 0 Å². The second kappa shape index (κ2) is 7.43. The predicted octanol–water partition coefficient (Wildman–Crippen LogP) is 5.36. The summed E-state index contributed by atoms with van der Waals surface area (Å²) < 4.78 is 45.1. The lowest BCUT2D eigenvalue weighted by atomic mass is 10.2. The topological polar surface area (TPSA) is 38.2 Å². The molecule has 1 heterocycles. The Morgan fingerprint density at radius 3 is 1.88 bits per heavy atom. The Morgan fingerprint density at radius 1 is 0.885 bits per heavy atom. The number of alkyl halides is 3. The van der Waals surface area contributed by atoms with Crippen molar-refractivity contribution in [3.8, 4) is 5.88 Å². The zero-order valence-electron chi connectivity index (χ0n) is 13.9. The number of halogens is 3. The standard InChI is InChI=1S/C19H16F3N3O/c1-2-26-17-13-16(19(20,21)22)23-18(24-17)25(14-9-5-3-6-10-14)15-11-7-4-8-12-15/h3-13H,2H2,1H3. The number of hydrogen-bond acceptors (Lipinski definition) is 4. The lowest BCUT2D eigenvalue weighted by molar-refractivity contribution is -0.141. The fourth-order valence-corrected chi connectivity index (χ4v) is 2.41. The van der Waals surface area contributed by atoms with Gasteiger partial charge in [-0.15, -0.1) is 0 Å². The van der Waals surface area contributed by atoms with Crippen molar-refractivity contribution in [3.63, 3.8) is 0 Å². The molecule has 0 unspecified atom stereocenters. The van der Waals surface area contributed by atoms with Crippen LogP contribution in [0.25, 0.3) is 0 Å². The molecule has 0 aliphatic carbocycles. The highest BCUT2D eigenvalue weighted by atomic mass is 19.4. The van der Waals surface area contributed by atoms with Gasteiger partial charge in [-0.3, -0.25) is 4.90 Å². The minimum absolute atomic E-state index is 0.110. The van der Waals surface area contributed by atoms with Gasteiger partial charge in [0, 0.05) is 17.4 Å². The molecule has 0 bridgehead atoms. The lowest BCUT2D eigenvalue weighted by Crippen LogP contribution is -2.17. The van der Waals surface area contributed by atoms with E-state index >= 15 is 0 Å². The average molecular weight is 359 g/mol. The molecule has 134 valence electrons. The van der Waals surface area contributed by atoms with Gasteiger partial charge < -0.3 is 4.74 Å². The Kier molecular flexibility index (Phi) is 5.06. The summed E-state index contributed by atoms with van der Waals surface area (Å²) in [6, 6.07) is 18.7. The van der Waals surface area contributed by atoms with E-state index in [4.69, 9.17) is 4.74 Å². The van der Waals surface area contributed by atoms with Crippen LogP contribution < -0.4 is 9.64 Å². The van der Waals surface area contributed by atoms with E-state index in [-0.39, 0.29) is 18.4 Å². The molecule has 0 aliphatic heterocycles. The molecule has 4 nitrogen and oxygen atoms in total. The van der Waals surface area contributed by atoms with Gasteiger partial charge in [0.25, 0.3) is 0 Å². The summed E-state index contributed by atoms with van der Waals surface area (Å²) in [6.45, 7) is 1.88. The Bertz CT molecular complexity index is 815. The number of benzene rings is 2. The molecule has 0 spiro atoms. The molecule has 3 rings (SSSR count). The second-order valence-corrected chi connectivity index (χ2v) is 5.33. The molecule has 2 aromatic carbocycles. The SMILES string of the molecule is CCOc1cc(C(F)(F)F)nc(N(c2ccccc2)c2ccccc2)n1. The third-order valence-corrected chi connectivity index (χ3v) is 3.50. The van der Waals surface area contributed by atoms with E-state index in [1.807, 2.05) is 12.1 Å². The second-order valence-electron chi connectivity index (χ2n) is 5.33. The molecule has 0 N–H and O–H groups in total. The number of para-hydroxylation sites is 2. The number of rotatable bonds is 5. The van der Waals surface area contributed by atoms with Crippen molar-refractivity contribution in [3.05, 3.63) is 72.4 Å². The van der Waals surface area contributed by atoms with Crippen molar-refractivity contribution >= 4 is 17.3 Å². The molecule has 0 saturated carbocycles. The van der Waals surface area contributed by atoms with Gasteiger partial charge in [0.15, 0.2) is 5.69 Å². The first-order valence-electron chi connectivity index (χ1n) is 7.98. The van der Waals surface area contributed by atoms with Gasteiger partial charge in [-0.2, -0.15) is 18.2 Å². The first-order chi connectivity index (χ1) is 12.5. The smallest absolute Gasteiger partial charge is 0.433 e. The van der Waals surface area contributed by atoms with Crippen LogP contribution in [-0.4, -0.2) is 16.6 Å². The molecule has 0 fully saturated rings. The molecule has 0 radical (unpaired) electrons. The van der Waals surface area contributed by atoms with Crippen molar-refractivity contribution in [2.45, 2.75) is 13.1 Å². The van der Waals surface area contributed by atoms with Crippen LogP contribution in [0.1, 0.15) is 12.6 Å².